The van der Waals surface area contributed by atoms with Crippen molar-refractivity contribution < 1.29 is 13.2 Å². The summed E-state index contributed by atoms with van der Waals surface area (Å²) in [6.07, 6.45) is 1.47. The van der Waals surface area contributed by atoms with Crippen LogP contribution in [0.25, 0.3) is 0 Å². The molecule has 2 aromatic rings. The molecule has 0 unspecified atom stereocenters. The molecule has 0 atom stereocenters. The molecule has 2 heterocycles. The smallest absolute Gasteiger partial charge is 0.247 e. The minimum Gasteiger partial charge on any atom is -0.383 e. The summed E-state index contributed by atoms with van der Waals surface area (Å²) >= 11 is 1.51. The van der Waals surface area contributed by atoms with E-state index in [1.165, 1.54) is 35.0 Å². The number of rotatable bonds is 7. The Labute approximate surface area is 128 Å². The second-order valence-corrected chi connectivity index (χ2v) is 7.24. The first-order chi connectivity index (χ1) is 10.1. The quantitative estimate of drug-likeness (QED) is 0.834. The Morgan fingerprint density at radius 3 is 2.81 bits per heavy atom. The van der Waals surface area contributed by atoms with Crippen molar-refractivity contribution in [2.24, 2.45) is 0 Å². The molecule has 2 N–H and O–H groups in total. The Morgan fingerprint density at radius 1 is 1.38 bits per heavy atom. The molecular weight excluding hydrogens is 310 g/mol. The molecule has 0 bridgehead atoms. The molecule has 0 aliphatic rings. The largest absolute Gasteiger partial charge is 0.383 e. The van der Waals surface area contributed by atoms with Gasteiger partial charge in [-0.3, -0.25) is 0 Å². The first-order valence-electron chi connectivity index (χ1n) is 6.27. The van der Waals surface area contributed by atoms with Gasteiger partial charge in [-0.1, -0.05) is 6.07 Å². The summed E-state index contributed by atoms with van der Waals surface area (Å²) in [5.74, 6) is 0.00564. The number of hydrogen-bond acceptors (Lipinski definition) is 6. The number of nitrogens with two attached hydrogens (primary N) is 1. The van der Waals surface area contributed by atoms with Gasteiger partial charge in [0.2, 0.25) is 10.0 Å². The van der Waals surface area contributed by atoms with Crippen molar-refractivity contribution in [1.29, 1.82) is 0 Å². The van der Waals surface area contributed by atoms with E-state index in [4.69, 9.17) is 10.5 Å². The zero-order chi connectivity index (χ0) is 15.3. The summed E-state index contributed by atoms with van der Waals surface area (Å²) in [5, 5.41) is 1.91. The minimum atomic E-state index is -3.71. The normalized spacial score (nSPS) is 11.9. The van der Waals surface area contributed by atoms with Gasteiger partial charge in [-0.15, -0.1) is 11.3 Å². The van der Waals surface area contributed by atoms with Gasteiger partial charge in [-0.05, 0) is 23.6 Å². The van der Waals surface area contributed by atoms with Crippen LogP contribution in [0, 0.1) is 0 Å². The molecule has 0 spiro atoms. The predicted molar refractivity (Wildman–Crippen MR) is 82.4 cm³/mol. The van der Waals surface area contributed by atoms with Crippen molar-refractivity contribution >= 4 is 27.2 Å². The van der Waals surface area contributed by atoms with Gasteiger partial charge in [0, 0.05) is 31.3 Å². The van der Waals surface area contributed by atoms with Crippen LogP contribution in [0.4, 0.5) is 5.82 Å². The maximum absolute atomic E-state index is 12.7. The van der Waals surface area contributed by atoms with Crippen LogP contribution in [-0.2, 0) is 21.3 Å². The highest BCUT2D eigenvalue weighted by Gasteiger charge is 2.27. The van der Waals surface area contributed by atoms with Gasteiger partial charge in [-0.25, -0.2) is 13.4 Å². The van der Waals surface area contributed by atoms with E-state index in [9.17, 15) is 8.42 Å². The number of anilines is 1. The summed E-state index contributed by atoms with van der Waals surface area (Å²) < 4.78 is 31.8. The van der Waals surface area contributed by atoms with E-state index in [0.717, 1.165) is 4.88 Å². The third-order valence-corrected chi connectivity index (χ3v) is 5.63. The molecule has 2 rings (SSSR count). The summed E-state index contributed by atoms with van der Waals surface area (Å²) in [6, 6.07) is 6.81. The molecule has 2 aromatic heterocycles. The minimum absolute atomic E-state index is 0.00564. The first kappa shape index (κ1) is 15.9. The summed E-state index contributed by atoms with van der Waals surface area (Å²) in [7, 11) is -2.17. The molecule has 0 saturated heterocycles. The third-order valence-electron chi connectivity index (χ3n) is 2.87. The molecule has 8 heteroatoms. The average molecular weight is 327 g/mol. The van der Waals surface area contributed by atoms with Gasteiger partial charge < -0.3 is 10.5 Å². The number of pyridine rings is 1. The maximum atomic E-state index is 12.7. The number of aromatic nitrogens is 1. The highest BCUT2D eigenvalue weighted by molar-refractivity contribution is 7.89. The molecule has 0 aliphatic heterocycles. The average Bonchev–Trinajstić information content (AvgIpc) is 2.96. The molecule has 0 radical (unpaired) electrons. The predicted octanol–water partition coefficient (Wildman–Crippen LogP) is 1.56. The van der Waals surface area contributed by atoms with Crippen molar-refractivity contribution in [1.82, 2.24) is 9.29 Å². The van der Waals surface area contributed by atoms with Crippen molar-refractivity contribution in [3.05, 3.63) is 40.7 Å². The fourth-order valence-corrected chi connectivity index (χ4v) is 4.08. The van der Waals surface area contributed by atoms with E-state index >= 15 is 0 Å². The molecule has 0 fully saturated rings. The van der Waals surface area contributed by atoms with Gasteiger partial charge in [0.05, 0.1) is 6.61 Å². The van der Waals surface area contributed by atoms with Gasteiger partial charge in [-0.2, -0.15) is 4.31 Å². The van der Waals surface area contributed by atoms with Gasteiger partial charge >= 0.3 is 0 Å². The van der Waals surface area contributed by atoms with Gasteiger partial charge in [0.1, 0.15) is 10.7 Å². The van der Waals surface area contributed by atoms with Crippen LogP contribution in [0.5, 0.6) is 0 Å². The van der Waals surface area contributed by atoms with Crippen molar-refractivity contribution in [2.45, 2.75) is 11.4 Å². The van der Waals surface area contributed by atoms with Crippen LogP contribution in [0.1, 0.15) is 4.88 Å². The highest BCUT2D eigenvalue weighted by atomic mass is 32.2. The number of methoxy groups -OCH3 is 1. The van der Waals surface area contributed by atoms with E-state index in [2.05, 4.69) is 4.98 Å². The molecule has 0 aromatic carbocycles. The second-order valence-electron chi connectivity index (χ2n) is 4.30. The van der Waals surface area contributed by atoms with E-state index in [1.807, 2.05) is 17.5 Å². The number of ether oxygens (including phenoxy) is 1. The second kappa shape index (κ2) is 6.99. The summed E-state index contributed by atoms with van der Waals surface area (Å²) in [6.45, 7) is 0.855. The molecule has 6 nitrogen and oxygen atoms in total. The van der Waals surface area contributed by atoms with Crippen LogP contribution < -0.4 is 5.73 Å². The zero-order valence-corrected chi connectivity index (χ0v) is 13.2. The lowest BCUT2D eigenvalue weighted by Gasteiger charge is -2.21. The van der Waals surface area contributed by atoms with Crippen molar-refractivity contribution in [3.8, 4) is 0 Å². The lowest BCUT2D eigenvalue weighted by molar-refractivity contribution is 0.177. The van der Waals surface area contributed by atoms with Crippen LogP contribution >= 0.6 is 11.3 Å². The Kier molecular flexibility index (Phi) is 5.29. The maximum Gasteiger partial charge on any atom is 0.247 e. The van der Waals surface area contributed by atoms with Crippen LogP contribution in [0.3, 0.4) is 0 Å². The number of nitrogens with zero attached hydrogens (tertiary/aromatic N) is 2. The van der Waals surface area contributed by atoms with Gasteiger partial charge in [0.25, 0.3) is 0 Å². The molecule has 0 aliphatic carbocycles. The summed E-state index contributed by atoms with van der Waals surface area (Å²) in [5.41, 5.74) is 5.70. The molecular formula is C13H17N3O3S2. The lowest BCUT2D eigenvalue weighted by Crippen LogP contribution is -2.33. The Bertz CT molecular complexity index is 672. The van der Waals surface area contributed by atoms with Crippen molar-refractivity contribution in [3.63, 3.8) is 0 Å². The number of sulfonamides is 1. The standard InChI is InChI=1S/C13H17N3O3S2/c1-19-8-7-16(10-11-4-3-9-20-11)21(17,18)12-5-2-6-15-13(12)14/h2-6,9H,7-8,10H2,1H3,(H2,14,15). The van der Waals surface area contributed by atoms with Gasteiger partial charge in [0.15, 0.2) is 0 Å². The SMILES string of the molecule is COCCN(Cc1cccs1)S(=O)(=O)c1cccnc1N. The molecule has 0 saturated carbocycles. The van der Waals surface area contributed by atoms with E-state index in [1.54, 1.807) is 6.07 Å². The fraction of sp³-hybridized carbons (Fsp3) is 0.308. The first-order valence-corrected chi connectivity index (χ1v) is 8.59. The fourth-order valence-electron chi connectivity index (χ4n) is 1.81. The number of nitrogen functional groups attached to an aromatic ring is 1. The molecule has 0 amide bonds. The topological polar surface area (TPSA) is 85.5 Å². The van der Waals surface area contributed by atoms with Crippen molar-refractivity contribution in [2.75, 3.05) is 26.0 Å². The van der Waals surface area contributed by atoms with E-state index in [0.29, 0.717) is 6.61 Å². The number of thiophene rings is 1. The van der Waals surface area contributed by atoms with Crippen LogP contribution in [0.2, 0.25) is 0 Å². The molecule has 114 valence electrons. The van der Waals surface area contributed by atoms with E-state index in [-0.39, 0.29) is 23.8 Å². The Balaban J connectivity index is 2.32. The number of hydrogen-bond donors (Lipinski definition) is 1. The third kappa shape index (κ3) is 3.79. The molecule has 21 heavy (non-hydrogen) atoms. The zero-order valence-electron chi connectivity index (χ0n) is 11.6. The summed E-state index contributed by atoms with van der Waals surface area (Å²) in [4.78, 5) is 4.83. The van der Waals surface area contributed by atoms with E-state index < -0.39 is 10.0 Å². The Hall–Kier alpha value is -1.48. The lowest BCUT2D eigenvalue weighted by atomic mass is 10.4. The van der Waals surface area contributed by atoms with Crippen LogP contribution in [-0.4, -0.2) is 38.0 Å². The Morgan fingerprint density at radius 2 is 2.19 bits per heavy atom. The highest BCUT2D eigenvalue weighted by Crippen LogP contribution is 2.23. The van der Waals surface area contributed by atoms with Crippen LogP contribution in [0.15, 0.2) is 40.7 Å². The monoisotopic (exact) mass is 327 g/mol.